The van der Waals surface area contributed by atoms with Crippen LogP contribution in [0, 0.1) is 127 Å². The van der Waals surface area contributed by atoms with Crippen LogP contribution in [0.1, 0.15) is 5.56 Å². The van der Waals surface area contributed by atoms with Crippen molar-refractivity contribution in [2.45, 2.75) is 6.92 Å². The van der Waals surface area contributed by atoms with E-state index in [1.165, 1.54) is 5.56 Å². The average molecular weight is 942 g/mol. The first-order valence-electron chi connectivity index (χ1n) is 14.6. The maximum atomic E-state index is 15.4. The average Bonchev–Trinajstić information content (AvgIpc) is 3.14. The van der Waals surface area contributed by atoms with Gasteiger partial charge in [-0.05, 0) is 0 Å². The van der Waals surface area contributed by atoms with E-state index in [1.54, 1.807) is 3.57 Å². The summed E-state index contributed by atoms with van der Waals surface area (Å²) in [5, 5.41) is 0. The van der Waals surface area contributed by atoms with Crippen LogP contribution in [0.15, 0.2) is 24.3 Å². The number of rotatable bonds is 5. The van der Waals surface area contributed by atoms with Gasteiger partial charge in [0.15, 0.2) is 69.8 Å². The summed E-state index contributed by atoms with van der Waals surface area (Å²) in [6.45, 7) is 2.21. The zero-order valence-electron chi connectivity index (χ0n) is 27.8. The van der Waals surface area contributed by atoms with E-state index in [9.17, 15) is 52.7 Å². The molecule has 0 aliphatic carbocycles. The van der Waals surface area contributed by atoms with Crippen LogP contribution >= 0.6 is 0 Å². The van der Waals surface area contributed by atoms with Gasteiger partial charge >= 0.3 is 73.5 Å². The normalized spacial score (nSPS) is 12.2. The second kappa shape index (κ2) is 15.4. The van der Waals surface area contributed by atoms with E-state index in [0.717, 1.165) is 0 Å². The van der Waals surface area contributed by atoms with Crippen LogP contribution in [-0.4, -0.2) is 20.9 Å². The van der Waals surface area contributed by atoms with E-state index in [4.69, 9.17) is 0 Å². The van der Waals surface area contributed by atoms with Crippen molar-refractivity contribution in [3.8, 4) is 0 Å². The molecule has 0 aliphatic rings. The van der Waals surface area contributed by atoms with Crippen molar-refractivity contribution >= 4 is 28.0 Å². The second-order valence-electron chi connectivity index (χ2n) is 12.3. The number of hydrogen-bond acceptors (Lipinski definition) is 0. The van der Waals surface area contributed by atoms with Crippen molar-refractivity contribution in [1.82, 2.24) is 0 Å². The van der Waals surface area contributed by atoms with Gasteiger partial charge in [-0.1, -0.05) is 0 Å². The van der Waals surface area contributed by atoms with Gasteiger partial charge in [0.1, 0.15) is 52.7 Å². The van der Waals surface area contributed by atoms with Crippen molar-refractivity contribution < 1.29 is 106 Å². The van der Waals surface area contributed by atoms with Crippen LogP contribution in [0.25, 0.3) is 0 Å². The first kappa shape index (κ1) is 44.2. The Morgan fingerprint density at radius 3 is 0.643 bits per heavy atom. The summed E-state index contributed by atoms with van der Waals surface area (Å²) in [4.78, 5) is 7.28. The van der Waals surface area contributed by atoms with Crippen LogP contribution < -0.4 is 40.3 Å². The fraction of sp³-hybridized carbons (Fsp3) is 0.118. The second-order valence-corrected chi connectivity index (χ2v) is 23.1. The fourth-order valence-corrected chi connectivity index (χ4v) is 10.1. The SMILES string of the molecule is Cc1ccccc1[I+](C)(C)C.Fc1c(F)c(F)c([B-](c2c(F)c(F)c(F)c(F)c2F)(c2c(F)c(F)c(F)c(F)c2F)c2c(F)c(F)c(F)c(F)c2F)c(F)c1F. The number of benzene rings is 5. The number of aryl methyl sites for hydroxylation is 1. The van der Waals surface area contributed by atoms with Gasteiger partial charge in [0.25, 0.3) is 0 Å². The predicted octanol–water partition coefficient (Wildman–Crippen LogP) is 5.06. The van der Waals surface area contributed by atoms with E-state index in [1.807, 2.05) is 0 Å². The zero-order chi connectivity index (χ0) is 42.8. The molecule has 0 bridgehead atoms. The van der Waals surface area contributed by atoms with Crippen LogP contribution in [0.3, 0.4) is 0 Å². The number of halogens is 21. The molecule has 56 heavy (non-hydrogen) atoms. The van der Waals surface area contributed by atoms with Crippen LogP contribution in [0.4, 0.5) is 87.8 Å². The third kappa shape index (κ3) is 6.63. The molecule has 22 heteroatoms. The molecule has 0 saturated heterocycles. The summed E-state index contributed by atoms with van der Waals surface area (Å²) in [7, 11) is 0. The maximum absolute atomic E-state index is 15.4. The largest absolute Gasteiger partial charge is 0.207 e. The first-order valence-corrected chi connectivity index (χ1v) is 22.1. The van der Waals surface area contributed by atoms with Crippen molar-refractivity contribution in [1.29, 1.82) is 0 Å². The Morgan fingerprint density at radius 2 is 0.482 bits per heavy atom. The third-order valence-electron chi connectivity index (χ3n) is 8.39. The van der Waals surface area contributed by atoms with Gasteiger partial charge in [0.2, 0.25) is 0 Å². The Kier molecular flexibility index (Phi) is 12.2. The number of alkyl halides is 3. The van der Waals surface area contributed by atoms with Gasteiger partial charge in [-0.3, -0.25) is 0 Å². The topological polar surface area (TPSA) is 0 Å². The summed E-state index contributed by atoms with van der Waals surface area (Å²) in [6, 6.07) is 8.76. The van der Waals surface area contributed by atoms with Gasteiger partial charge in [0, 0.05) is 0 Å². The van der Waals surface area contributed by atoms with Gasteiger partial charge in [0.05, 0.1) is 0 Å². The van der Waals surface area contributed by atoms with Crippen molar-refractivity contribution in [3.63, 3.8) is 0 Å². The Hall–Kier alpha value is -4.51. The summed E-state index contributed by atoms with van der Waals surface area (Å²) in [6.07, 6.45) is -7.22. The molecular weight excluding hydrogens is 926 g/mol. The molecular formula is C34H16BF20I. The molecule has 0 saturated carbocycles. The summed E-state index contributed by atoms with van der Waals surface area (Å²) < 4.78 is 296. The van der Waals surface area contributed by atoms with E-state index in [-0.39, 0.29) is 0 Å². The molecule has 0 aliphatic heterocycles. The van der Waals surface area contributed by atoms with Gasteiger partial charge in [-0.2, -0.15) is 0 Å². The molecule has 0 amide bonds. The molecule has 0 nitrogen and oxygen atoms in total. The number of hydrogen-bond donors (Lipinski definition) is 0. The smallest absolute Gasteiger partial charge is 0.200 e. The Morgan fingerprint density at radius 1 is 0.304 bits per heavy atom. The van der Waals surface area contributed by atoms with Crippen molar-refractivity contribution in [2.75, 3.05) is 14.8 Å². The zero-order valence-corrected chi connectivity index (χ0v) is 30.0. The quantitative estimate of drug-likeness (QED) is 0.0579. The molecule has 0 unspecified atom stereocenters. The molecule has 0 aromatic heterocycles. The predicted molar refractivity (Wildman–Crippen MR) is 157 cm³/mol. The van der Waals surface area contributed by atoms with Crippen molar-refractivity contribution in [3.05, 3.63) is 150 Å². The minimum Gasteiger partial charge on any atom is -0.207 e. The van der Waals surface area contributed by atoms with E-state index < -0.39 is 163 Å². The monoisotopic (exact) mass is 942 g/mol. The maximum Gasteiger partial charge on any atom is 0.200 e. The molecule has 5 rings (SSSR count). The summed E-state index contributed by atoms with van der Waals surface area (Å²) in [5.74, 6) is -71.4. The molecule has 0 spiro atoms. The van der Waals surface area contributed by atoms with Crippen LogP contribution in [0.2, 0.25) is 0 Å². The van der Waals surface area contributed by atoms with E-state index in [0.29, 0.717) is 0 Å². The molecule has 5 aromatic carbocycles. The molecule has 0 fully saturated rings. The molecule has 302 valence electrons. The standard InChI is InChI=1S/C24BF20.C10H16I/c26-5-1(6(27)14(35)21(42)13(5)34)25(2-7(28)15(36)22(43)16(37)8(2)29,3-9(30)17(38)23(44)18(39)10(3)31)4-11(32)19(40)24(45)20(41)12(4)33;1-9-7-5-6-8-10(9)11(2,3)4/h;5-8H,1-4H3/q-1;+1. The molecule has 5 aromatic rings. The molecule has 0 N–H and O–H groups in total. The Bertz CT molecular complexity index is 2040. The van der Waals surface area contributed by atoms with Crippen molar-refractivity contribution in [2.24, 2.45) is 0 Å². The van der Waals surface area contributed by atoms with E-state index in [2.05, 4.69) is 46.0 Å². The molecule has 0 radical (unpaired) electrons. The fourth-order valence-electron chi connectivity index (χ4n) is 6.06. The first-order chi connectivity index (χ1) is 25.7. The Balaban J connectivity index is 0.000000544. The summed E-state index contributed by atoms with van der Waals surface area (Å²) >= 11 is -1.48. The Labute approximate surface area is 305 Å². The van der Waals surface area contributed by atoms with Gasteiger partial charge in [-0.15, -0.1) is 21.9 Å². The van der Waals surface area contributed by atoms with Crippen LogP contribution in [-0.2, 0) is 0 Å². The minimum absolute atomic E-state index is 1.47. The van der Waals surface area contributed by atoms with Crippen LogP contribution in [0.5, 0.6) is 0 Å². The van der Waals surface area contributed by atoms with Gasteiger partial charge < -0.3 is 0 Å². The molecule has 0 atom stereocenters. The van der Waals surface area contributed by atoms with E-state index >= 15 is 35.1 Å². The minimum atomic E-state index is -7.22. The molecule has 0 heterocycles. The van der Waals surface area contributed by atoms with Gasteiger partial charge in [-0.25, -0.2) is 87.8 Å². The third-order valence-corrected chi connectivity index (χ3v) is 13.1. The summed E-state index contributed by atoms with van der Waals surface area (Å²) in [5.41, 5.74) is -12.9.